The fourth-order valence-electron chi connectivity index (χ4n) is 2.74. The second kappa shape index (κ2) is 9.41. The van der Waals surface area contributed by atoms with Crippen molar-refractivity contribution in [1.29, 1.82) is 0 Å². The molecule has 0 aromatic heterocycles. The van der Waals surface area contributed by atoms with Gasteiger partial charge in [-0.15, -0.1) is 0 Å². The topological polar surface area (TPSA) is 76.7 Å². The molecule has 3 aromatic carbocycles. The number of hydrogen-bond donors (Lipinski definition) is 2. The first kappa shape index (κ1) is 19.9. The highest BCUT2D eigenvalue weighted by Gasteiger charge is 2.14. The molecule has 6 heteroatoms. The lowest BCUT2D eigenvalue weighted by Crippen LogP contribution is -2.23. The van der Waals surface area contributed by atoms with Crippen LogP contribution in [0.25, 0.3) is 0 Å². The van der Waals surface area contributed by atoms with Gasteiger partial charge in [0.2, 0.25) is 0 Å². The predicted octanol–water partition coefficient (Wildman–Crippen LogP) is 4.27. The molecule has 0 saturated heterocycles. The van der Waals surface area contributed by atoms with E-state index in [1.165, 1.54) is 0 Å². The van der Waals surface area contributed by atoms with Crippen LogP contribution in [0.15, 0.2) is 72.8 Å². The third kappa shape index (κ3) is 5.35. The lowest BCUT2D eigenvalue weighted by atomic mass is 10.1. The summed E-state index contributed by atoms with van der Waals surface area (Å²) in [6.45, 7) is 1.75. The minimum Gasteiger partial charge on any atom is -0.497 e. The van der Waals surface area contributed by atoms with Crippen molar-refractivity contribution in [1.82, 2.24) is 0 Å². The normalized spacial score (nSPS) is 10.1. The van der Waals surface area contributed by atoms with Crippen LogP contribution in [0.4, 0.5) is 11.4 Å². The Kier molecular flexibility index (Phi) is 6.47. The zero-order valence-electron chi connectivity index (χ0n) is 16.3. The maximum absolute atomic E-state index is 12.7. The van der Waals surface area contributed by atoms with Crippen LogP contribution in [-0.2, 0) is 4.79 Å². The van der Waals surface area contributed by atoms with Crippen LogP contribution in [0.3, 0.4) is 0 Å². The van der Waals surface area contributed by atoms with Crippen LogP contribution < -0.4 is 20.1 Å². The molecule has 0 aliphatic rings. The van der Waals surface area contributed by atoms with Crippen LogP contribution in [0.2, 0.25) is 0 Å². The van der Waals surface area contributed by atoms with Gasteiger partial charge in [-0.3, -0.25) is 9.59 Å². The molecule has 0 atom stereocenters. The molecule has 2 N–H and O–H groups in total. The van der Waals surface area contributed by atoms with E-state index in [4.69, 9.17) is 9.47 Å². The number of hydrogen-bond acceptors (Lipinski definition) is 4. The minimum absolute atomic E-state index is 0.156. The van der Waals surface area contributed by atoms with Crippen LogP contribution in [0.5, 0.6) is 11.5 Å². The largest absolute Gasteiger partial charge is 0.497 e. The number of carbonyl (C=O) groups is 2. The molecular formula is C23H22N2O4. The summed E-state index contributed by atoms with van der Waals surface area (Å²) in [5.74, 6) is 0.591. The van der Waals surface area contributed by atoms with Crippen molar-refractivity contribution < 1.29 is 19.1 Å². The van der Waals surface area contributed by atoms with Gasteiger partial charge in [-0.2, -0.15) is 0 Å². The first-order valence-electron chi connectivity index (χ1n) is 9.09. The van der Waals surface area contributed by atoms with E-state index in [0.717, 1.165) is 5.56 Å². The Hall–Kier alpha value is -3.80. The summed E-state index contributed by atoms with van der Waals surface area (Å²) >= 11 is 0. The van der Waals surface area contributed by atoms with Crippen molar-refractivity contribution in [2.45, 2.75) is 6.92 Å². The molecule has 3 rings (SSSR count). The van der Waals surface area contributed by atoms with Gasteiger partial charge in [-0.25, -0.2) is 0 Å². The molecule has 29 heavy (non-hydrogen) atoms. The van der Waals surface area contributed by atoms with Gasteiger partial charge in [0.25, 0.3) is 11.8 Å². The van der Waals surface area contributed by atoms with Gasteiger partial charge in [0, 0.05) is 11.8 Å². The van der Waals surface area contributed by atoms with Crippen LogP contribution in [0.1, 0.15) is 15.9 Å². The van der Waals surface area contributed by atoms with Gasteiger partial charge in [0.1, 0.15) is 11.5 Å². The summed E-state index contributed by atoms with van der Waals surface area (Å²) in [7, 11) is 1.56. The highest BCUT2D eigenvalue weighted by Crippen LogP contribution is 2.21. The molecule has 0 radical (unpaired) electrons. The number of nitrogens with one attached hydrogen (secondary N) is 2. The molecule has 2 amide bonds. The number of carbonyl (C=O) groups excluding carboxylic acids is 2. The SMILES string of the molecule is COc1cccc(NC(=O)c2ccccc2NC(=O)COc2ccccc2C)c1. The number of benzene rings is 3. The fraction of sp³-hybridized carbons (Fsp3) is 0.130. The summed E-state index contributed by atoms with van der Waals surface area (Å²) < 4.78 is 10.7. The average molecular weight is 390 g/mol. The van der Waals surface area contributed by atoms with E-state index >= 15 is 0 Å². The predicted molar refractivity (Wildman–Crippen MR) is 113 cm³/mol. The lowest BCUT2D eigenvalue weighted by molar-refractivity contribution is -0.118. The fourth-order valence-corrected chi connectivity index (χ4v) is 2.74. The van der Waals surface area contributed by atoms with E-state index in [2.05, 4.69) is 10.6 Å². The standard InChI is InChI=1S/C23H22N2O4/c1-16-8-3-6-13-21(16)29-15-22(26)25-20-12-5-4-11-19(20)23(27)24-17-9-7-10-18(14-17)28-2/h3-14H,15H2,1-2H3,(H,24,27)(H,25,26). The molecule has 6 nitrogen and oxygen atoms in total. The third-order valence-corrected chi connectivity index (χ3v) is 4.23. The van der Waals surface area contributed by atoms with Crippen molar-refractivity contribution in [3.8, 4) is 11.5 Å². The molecule has 0 spiro atoms. The van der Waals surface area contributed by atoms with Gasteiger partial charge >= 0.3 is 0 Å². The monoisotopic (exact) mass is 390 g/mol. The van der Waals surface area contributed by atoms with E-state index in [9.17, 15) is 9.59 Å². The Morgan fingerprint density at radius 1 is 0.897 bits per heavy atom. The van der Waals surface area contributed by atoms with Gasteiger partial charge in [0.05, 0.1) is 18.4 Å². The Morgan fingerprint density at radius 2 is 1.66 bits per heavy atom. The minimum atomic E-state index is -0.352. The molecule has 0 saturated carbocycles. The van der Waals surface area contributed by atoms with Crippen molar-refractivity contribution in [2.24, 2.45) is 0 Å². The highest BCUT2D eigenvalue weighted by atomic mass is 16.5. The summed E-state index contributed by atoms with van der Waals surface area (Å²) in [5, 5.41) is 5.55. The number of aryl methyl sites for hydroxylation is 1. The van der Waals surface area contributed by atoms with E-state index in [-0.39, 0.29) is 18.4 Å². The van der Waals surface area contributed by atoms with Crippen LogP contribution >= 0.6 is 0 Å². The molecule has 0 aliphatic carbocycles. The van der Waals surface area contributed by atoms with Crippen LogP contribution in [-0.4, -0.2) is 25.5 Å². The summed E-state index contributed by atoms with van der Waals surface area (Å²) in [5.41, 5.74) is 2.29. The Balaban J connectivity index is 1.67. The molecule has 0 heterocycles. The molecule has 0 unspecified atom stereocenters. The quantitative estimate of drug-likeness (QED) is 0.632. The number of para-hydroxylation sites is 2. The van der Waals surface area contributed by atoms with Gasteiger partial charge in [0.15, 0.2) is 6.61 Å². The van der Waals surface area contributed by atoms with E-state index in [1.54, 1.807) is 61.7 Å². The Labute approximate surface area is 169 Å². The van der Waals surface area contributed by atoms with Crippen molar-refractivity contribution in [3.05, 3.63) is 83.9 Å². The molecule has 148 valence electrons. The van der Waals surface area contributed by atoms with Gasteiger partial charge in [-0.05, 0) is 42.8 Å². The maximum Gasteiger partial charge on any atom is 0.262 e. The third-order valence-electron chi connectivity index (χ3n) is 4.23. The maximum atomic E-state index is 12.7. The van der Waals surface area contributed by atoms with Gasteiger partial charge in [-0.1, -0.05) is 36.4 Å². The lowest BCUT2D eigenvalue weighted by Gasteiger charge is -2.13. The van der Waals surface area contributed by atoms with Crippen molar-refractivity contribution in [2.75, 3.05) is 24.4 Å². The second-order valence-electron chi connectivity index (χ2n) is 6.33. The molecule has 0 fully saturated rings. The van der Waals surface area contributed by atoms with Gasteiger partial charge < -0.3 is 20.1 Å². The van der Waals surface area contributed by atoms with E-state index in [1.807, 2.05) is 25.1 Å². The number of methoxy groups -OCH3 is 1. The number of anilines is 2. The van der Waals surface area contributed by atoms with E-state index in [0.29, 0.717) is 28.4 Å². The van der Waals surface area contributed by atoms with Crippen molar-refractivity contribution >= 4 is 23.2 Å². The average Bonchev–Trinajstić information content (AvgIpc) is 2.73. The Morgan fingerprint density at radius 3 is 2.45 bits per heavy atom. The van der Waals surface area contributed by atoms with Crippen LogP contribution in [0, 0.1) is 6.92 Å². The molecule has 0 bridgehead atoms. The summed E-state index contributed by atoms with van der Waals surface area (Å²) in [6.07, 6.45) is 0. The molecule has 0 aliphatic heterocycles. The summed E-state index contributed by atoms with van der Waals surface area (Å²) in [6, 6.07) is 21.3. The smallest absolute Gasteiger partial charge is 0.262 e. The second-order valence-corrected chi connectivity index (χ2v) is 6.33. The first-order valence-corrected chi connectivity index (χ1v) is 9.09. The highest BCUT2D eigenvalue weighted by molar-refractivity contribution is 6.10. The first-order chi connectivity index (χ1) is 14.1. The number of rotatable bonds is 7. The number of ether oxygens (including phenoxy) is 2. The van der Waals surface area contributed by atoms with E-state index < -0.39 is 0 Å². The molecule has 3 aromatic rings. The van der Waals surface area contributed by atoms with Crippen molar-refractivity contribution in [3.63, 3.8) is 0 Å². The number of amides is 2. The summed E-state index contributed by atoms with van der Waals surface area (Å²) in [4.78, 5) is 25.0. The zero-order valence-corrected chi connectivity index (χ0v) is 16.3. The zero-order chi connectivity index (χ0) is 20.6. The Bertz CT molecular complexity index is 1020. The molecular weight excluding hydrogens is 368 g/mol.